The van der Waals surface area contributed by atoms with Gasteiger partial charge in [-0.2, -0.15) is 0 Å². The topological polar surface area (TPSA) is 34.0 Å². The smallest absolute Gasteiger partial charge is 0.268 e. The van der Waals surface area contributed by atoms with Gasteiger partial charge in [0.1, 0.15) is 11.5 Å². The Hall–Kier alpha value is -2.92. The fourth-order valence-electron chi connectivity index (χ4n) is 3.40. The van der Waals surface area contributed by atoms with Crippen LogP contribution in [-0.2, 0) is 19.5 Å². The largest absolute Gasteiger partial charge is 0.347 e. The highest BCUT2D eigenvalue weighted by Crippen LogP contribution is 2.29. The van der Waals surface area contributed by atoms with Gasteiger partial charge >= 0.3 is 0 Å². The van der Waals surface area contributed by atoms with Crippen molar-refractivity contribution in [3.8, 4) is 0 Å². The maximum Gasteiger partial charge on any atom is 0.268 e. The van der Waals surface area contributed by atoms with E-state index in [1.165, 1.54) is 22.6 Å². The third kappa shape index (κ3) is 3.99. The minimum Gasteiger partial charge on any atom is -0.347 e. The second kappa shape index (κ2) is 7.98. The average molecular weight is 392 g/mol. The predicted molar refractivity (Wildman–Crippen MR) is 112 cm³/mol. The first-order valence-corrected chi connectivity index (χ1v) is 10.1. The van der Waals surface area contributed by atoms with Gasteiger partial charge in [0.05, 0.1) is 10.2 Å². The van der Waals surface area contributed by atoms with Crippen LogP contribution in [0.4, 0.5) is 4.39 Å². The molecule has 142 valence electrons. The van der Waals surface area contributed by atoms with E-state index in [1.807, 2.05) is 24.3 Å². The molecule has 4 aromatic rings. The zero-order chi connectivity index (χ0) is 19.5. The Morgan fingerprint density at radius 3 is 2.61 bits per heavy atom. The molecule has 1 amide bonds. The molecule has 0 radical (unpaired) electrons. The molecule has 0 atom stereocenters. The van der Waals surface area contributed by atoms with Gasteiger partial charge in [-0.15, -0.1) is 11.3 Å². The van der Waals surface area contributed by atoms with Crippen molar-refractivity contribution in [3.05, 3.63) is 94.2 Å². The summed E-state index contributed by atoms with van der Waals surface area (Å²) in [6.45, 7) is 3.11. The van der Waals surface area contributed by atoms with E-state index in [-0.39, 0.29) is 11.7 Å². The third-order valence-electron chi connectivity index (χ3n) is 4.75. The first kappa shape index (κ1) is 18.4. The van der Waals surface area contributed by atoms with Gasteiger partial charge < -0.3 is 9.88 Å². The standard InChI is InChI=1S/C23H21FN2OS/c1-16-12-20-22(28-16)14-21(26(20)11-10-17-6-3-2-4-7-17)23(27)25-15-18-8-5-9-19(24)13-18/h2-9,12-14H,10-11,15H2,1H3,(H,25,27). The number of aryl methyl sites for hydroxylation is 3. The number of fused-ring (bicyclic) bond motifs is 1. The lowest BCUT2D eigenvalue weighted by molar-refractivity contribution is 0.0942. The number of hydrogen-bond acceptors (Lipinski definition) is 2. The minimum atomic E-state index is -0.297. The zero-order valence-corrected chi connectivity index (χ0v) is 16.4. The molecule has 5 heteroatoms. The summed E-state index contributed by atoms with van der Waals surface area (Å²) in [4.78, 5) is 14.1. The van der Waals surface area contributed by atoms with E-state index in [9.17, 15) is 9.18 Å². The molecule has 0 aliphatic rings. The highest BCUT2D eigenvalue weighted by atomic mass is 32.1. The Labute approximate surface area is 167 Å². The summed E-state index contributed by atoms with van der Waals surface area (Å²) >= 11 is 1.69. The Morgan fingerprint density at radius 2 is 1.82 bits per heavy atom. The average Bonchev–Trinajstić information content (AvgIpc) is 3.21. The van der Waals surface area contributed by atoms with Crippen LogP contribution in [0.5, 0.6) is 0 Å². The molecule has 0 bridgehead atoms. The fraction of sp³-hybridized carbons (Fsp3) is 0.174. The molecule has 0 saturated carbocycles. The lowest BCUT2D eigenvalue weighted by atomic mass is 10.1. The predicted octanol–water partition coefficient (Wildman–Crippen LogP) is 5.32. The second-order valence-corrected chi connectivity index (χ2v) is 8.12. The van der Waals surface area contributed by atoms with Crippen molar-refractivity contribution in [3.63, 3.8) is 0 Å². The lowest BCUT2D eigenvalue weighted by Gasteiger charge is -2.11. The van der Waals surface area contributed by atoms with Crippen LogP contribution in [0.15, 0.2) is 66.7 Å². The van der Waals surface area contributed by atoms with Gasteiger partial charge in [-0.25, -0.2) is 4.39 Å². The van der Waals surface area contributed by atoms with Crippen molar-refractivity contribution < 1.29 is 9.18 Å². The van der Waals surface area contributed by atoms with Crippen LogP contribution in [0, 0.1) is 12.7 Å². The number of hydrogen-bond donors (Lipinski definition) is 1. The lowest BCUT2D eigenvalue weighted by Crippen LogP contribution is -2.25. The van der Waals surface area contributed by atoms with E-state index in [1.54, 1.807) is 23.5 Å². The first-order valence-electron chi connectivity index (χ1n) is 9.26. The van der Waals surface area contributed by atoms with Crippen LogP contribution < -0.4 is 5.32 Å². The van der Waals surface area contributed by atoms with Gasteiger partial charge in [0.15, 0.2) is 0 Å². The van der Waals surface area contributed by atoms with E-state index < -0.39 is 0 Å². The van der Waals surface area contributed by atoms with Gasteiger partial charge in [0.25, 0.3) is 5.91 Å². The molecule has 2 heterocycles. The van der Waals surface area contributed by atoms with Gasteiger partial charge in [0.2, 0.25) is 0 Å². The summed E-state index contributed by atoms with van der Waals surface area (Å²) in [7, 11) is 0. The summed E-state index contributed by atoms with van der Waals surface area (Å²) in [6, 6.07) is 20.7. The van der Waals surface area contributed by atoms with Gasteiger partial charge in [0, 0.05) is 18.0 Å². The number of rotatable bonds is 6. The minimum absolute atomic E-state index is 0.140. The molecule has 0 aliphatic heterocycles. The number of halogens is 1. The van der Waals surface area contributed by atoms with Gasteiger partial charge in [-0.3, -0.25) is 4.79 Å². The molecule has 0 fully saturated rings. The molecule has 2 aromatic carbocycles. The molecule has 1 N–H and O–H groups in total. The molecular weight excluding hydrogens is 371 g/mol. The SMILES string of the molecule is Cc1cc2c(cc(C(=O)NCc3cccc(F)c3)n2CCc2ccccc2)s1. The molecule has 4 rings (SSSR count). The fourth-order valence-corrected chi connectivity index (χ4v) is 4.36. The van der Waals surface area contributed by atoms with Gasteiger partial charge in [-0.1, -0.05) is 42.5 Å². The number of carbonyl (C=O) groups excluding carboxylic acids is 1. The Balaban J connectivity index is 1.56. The monoisotopic (exact) mass is 392 g/mol. The van der Waals surface area contributed by atoms with Crippen molar-refractivity contribution >= 4 is 27.5 Å². The number of nitrogens with one attached hydrogen (secondary N) is 1. The van der Waals surface area contributed by atoms with Crippen molar-refractivity contribution in [2.75, 3.05) is 0 Å². The van der Waals surface area contributed by atoms with Crippen molar-refractivity contribution in [1.29, 1.82) is 0 Å². The van der Waals surface area contributed by atoms with Crippen molar-refractivity contribution in [1.82, 2.24) is 9.88 Å². The van der Waals surface area contributed by atoms with Crippen LogP contribution in [0.1, 0.15) is 26.5 Å². The van der Waals surface area contributed by atoms with Crippen LogP contribution in [0.2, 0.25) is 0 Å². The highest BCUT2D eigenvalue weighted by molar-refractivity contribution is 7.19. The number of aromatic nitrogens is 1. The maximum atomic E-state index is 13.4. The summed E-state index contributed by atoms with van der Waals surface area (Å²) < 4.78 is 16.6. The van der Waals surface area contributed by atoms with Crippen molar-refractivity contribution in [2.24, 2.45) is 0 Å². The molecule has 3 nitrogen and oxygen atoms in total. The summed E-state index contributed by atoms with van der Waals surface area (Å²) in [6.07, 6.45) is 0.851. The first-order chi connectivity index (χ1) is 13.6. The van der Waals surface area contributed by atoms with Crippen LogP contribution >= 0.6 is 11.3 Å². The van der Waals surface area contributed by atoms with Crippen LogP contribution in [0.25, 0.3) is 10.2 Å². The molecule has 0 saturated heterocycles. The van der Waals surface area contributed by atoms with E-state index in [2.05, 4.69) is 35.0 Å². The number of carbonyl (C=O) groups is 1. The number of thiophene rings is 1. The molecule has 28 heavy (non-hydrogen) atoms. The van der Waals surface area contributed by atoms with Crippen LogP contribution in [-0.4, -0.2) is 10.5 Å². The third-order valence-corrected chi connectivity index (χ3v) is 5.74. The van der Waals surface area contributed by atoms with E-state index in [0.717, 1.165) is 28.7 Å². The van der Waals surface area contributed by atoms with E-state index in [4.69, 9.17) is 0 Å². The summed E-state index contributed by atoms with van der Waals surface area (Å²) in [5, 5.41) is 2.92. The van der Waals surface area contributed by atoms with Gasteiger partial charge in [-0.05, 0) is 48.7 Å². The number of amides is 1. The summed E-state index contributed by atoms with van der Waals surface area (Å²) in [5.41, 5.74) is 3.72. The molecular formula is C23H21FN2OS. The van der Waals surface area contributed by atoms with Crippen LogP contribution in [0.3, 0.4) is 0 Å². The van der Waals surface area contributed by atoms with E-state index in [0.29, 0.717) is 12.2 Å². The Morgan fingerprint density at radius 1 is 1.04 bits per heavy atom. The molecule has 0 unspecified atom stereocenters. The normalized spacial score (nSPS) is 11.1. The van der Waals surface area contributed by atoms with Crippen molar-refractivity contribution in [2.45, 2.75) is 26.4 Å². The second-order valence-electron chi connectivity index (χ2n) is 6.84. The zero-order valence-electron chi connectivity index (χ0n) is 15.6. The van der Waals surface area contributed by atoms with E-state index >= 15 is 0 Å². The highest BCUT2D eigenvalue weighted by Gasteiger charge is 2.17. The summed E-state index contributed by atoms with van der Waals surface area (Å²) in [5.74, 6) is -0.438. The maximum absolute atomic E-state index is 13.4. The number of nitrogens with zero attached hydrogens (tertiary/aromatic N) is 1. The Bertz CT molecular complexity index is 1110. The molecule has 0 aliphatic carbocycles. The number of benzene rings is 2. The Kier molecular flexibility index (Phi) is 5.26. The quantitative estimate of drug-likeness (QED) is 0.473. The molecule has 0 spiro atoms. The molecule has 2 aromatic heterocycles.